The monoisotopic (exact) mass is 397 g/mol. The summed E-state index contributed by atoms with van der Waals surface area (Å²) < 4.78 is 53.7. The van der Waals surface area contributed by atoms with E-state index in [1.807, 2.05) is 0 Å². The molecule has 0 radical (unpaired) electrons. The molecule has 27 heavy (non-hydrogen) atoms. The quantitative estimate of drug-likeness (QED) is 0.709. The highest BCUT2D eigenvalue weighted by Crippen LogP contribution is 2.18. The molecule has 1 N–H and O–H groups in total. The molecule has 0 atom stereocenters. The molecular weight excluding hydrogens is 376 g/mol. The minimum atomic E-state index is -4.21. The van der Waals surface area contributed by atoms with E-state index in [1.165, 1.54) is 0 Å². The lowest BCUT2D eigenvalue weighted by atomic mass is 10.3. The third kappa shape index (κ3) is 4.96. The summed E-state index contributed by atoms with van der Waals surface area (Å²) in [4.78, 5) is 11.8. The second-order valence-corrected chi connectivity index (χ2v) is 7.88. The number of nitrogens with zero attached hydrogens (tertiary/aromatic N) is 4. The van der Waals surface area contributed by atoms with Crippen LogP contribution in [0.3, 0.4) is 0 Å². The van der Waals surface area contributed by atoms with Gasteiger partial charge in [0.15, 0.2) is 4.90 Å². The average molecular weight is 397 g/mol. The highest BCUT2D eigenvalue weighted by atomic mass is 32.2. The first-order valence-electron chi connectivity index (χ1n) is 8.65. The summed E-state index contributed by atoms with van der Waals surface area (Å²) in [7, 11) is -4.21. The van der Waals surface area contributed by atoms with Gasteiger partial charge in [-0.3, -0.25) is 4.90 Å². The van der Waals surface area contributed by atoms with Crippen LogP contribution in [0.1, 0.15) is 6.42 Å². The number of anilines is 1. The smallest absolute Gasteiger partial charge is 0.246 e. The number of halogens is 2. The molecular formula is C17H21F2N5O2S. The Hall–Kier alpha value is -2.17. The first kappa shape index (κ1) is 19.6. The average Bonchev–Trinajstić information content (AvgIpc) is 2.66. The molecule has 3 rings (SSSR count). The zero-order chi connectivity index (χ0) is 19.3. The maximum atomic E-state index is 13.6. The summed E-state index contributed by atoms with van der Waals surface area (Å²) in [5.41, 5.74) is 0. The molecule has 146 valence electrons. The minimum absolute atomic E-state index is 0.109. The van der Waals surface area contributed by atoms with Gasteiger partial charge < -0.3 is 4.90 Å². The van der Waals surface area contributed by atoms with E-state index in [0.717, 1.165) is 44.4 Å². The normalized spacial score (nSPS) is 15.9. The number of hydrogen-bond donors (Lipinski definition) is 1. The molecule has 10 heteroatoms. The van der Waals surface area contributed by atoms with E-state index >= 15 is 0 Å². The number of piperazine rings is 1. The van der Waals surface area contributed by atoms with Crippen molar-refractivity contribution < 1.29 is 17.2 Å². The van der Waals surface area contributed by atoms with Crippen molar-refractivity contribution in [1.29, 1.82) is 0 Å². The molecule has 1 fully saturated rings. The summed E-state index contributed by atoms with van der Waals surface area (Å²) in [6, 6.07) is 4.75. The van der Waals surface area contributed by atoms with Crippen molar-refractivity contribution in [1.82, 2.24) is 19.6 Å². The fourth-order valence-corrected chi connectivity index (χ4v) is 4.15. The van der Waals surface area contributed by atoms with Gasteiger partial charge in [-0.15, -0.1) is 0 Å². The lowest BCUT2D eigenvalue weighted by Crippen LogP contribution is -2.47. The Morgan fingerprint density at radius 3 is 2.26 bits per heavy atom. The number of hydrogen-bond acceptors (Lipinski definition) is 6. The lowest BCUT2D eigenvalue weighted by molar-refractivity contribution is 0.254. The molecule has 1 aliphatic heterocycles. The van der Waals surface area contributed by atoms with Gasteiger partial charge in [0.05, 0.1) is 0 Å². The second-order valence-electron chi connectivity index (χ2n) is 6.18. The van der Waals surface area contributed by atoms with E-state index in [4.69, 9.17) is 0 Å². The van der Waals surface area contributed by atoms with Crippen LogP contribution in [0.4, 0.5) is 14.7 Å². The van der Waals surface area contributed by atoms with Crippen LogP contribution in [0, 0.1) is 11.6 Å². The van der Waals surface area contributed by atoms with E-state index < -0.39 is 26.6 Å². The Kier molecular flexibility index (Phi) is 6.30. The molecule has 0 saturated carbocycles. The summed E-state index contributed by atoms with van der Waals surface area (Å²) in [6.07, 6.45) is 3.95. The predicted octanol–water partition coefficient (Wildman–Crippen LogP) is 1.25. The van der Waals surface area contributed by atoms with E-state index in [9.17, 15) is 17.2 Å². The Labute approximate surface area is 157 Å². The van der Waals surface area contributed by atoms with Crippen molar-refractivity contribution in [2.45, 2.75) is 11.3 Å². The van der Waals surface area contributed by atoms with Crippen LogP contribution in [0.25, 0.3) is 0 Å². The topological polar surface area (TPSA) is 78.4 Å². The summed E-state index contributed by atoms with van der Waals surface area (Å²) in [5.74, 6) is -1.49. The molecule has 0 unspecified atom stereocenters. The van der Waals surface area contributed by atoms with Gasteiger partial charge >= 0.3 is 0 Å². The van der Waals surface area contributed by atoms with Crippen LogP contribution in [-0.2, 0) is 10.0 Å². The molecule has 1 aromatic carbocycles. The Balaban J connectivity index is 1.43. The van der Waals surface area contributed by atoms with Gasteiger partial charge in [-0.1, -0.05) is 6.07 Å². The molecule has 1 aliphatic rings. The van der Waals surface area contributed by atoms with Crippen molar-refractivity contribution in [3.8, 4) is 0 Å². The molecule has 1 aromatic heterocycles. The molecule has 0 amide bonds. The fraction of sp³-hybridized carbons (Fsp3) is 0.412. The van der Waals surface area contributed by atoms with Gasteiger partial charge in [-0.25, -0.2) is 31.9 Å². The SMILES string of the molecule is O=S(=O)(NCCCN1CCN(c2ncccn2)CC1)c1c(F)cccc1F. The second kappa shape index (κ2) is 8.68. The van der Waals surface area contributed by atoms with Crippen molar-refractivity contribution in [2.75, 3.05) is 44.2 Å². The van der Waals surface area contributed by atoms with E-state index in [-0.39, 0.29) is 6.54 Å². The van der Waals surface area contributed by atoms with Gasteiger partial charge in [-0.05, 0) is 31.2 Å². The van der Waals surface area contributed by atoms with Crippen molar-refractivity contribution >= 4 is 16.0 Å². The third-order valence-electron chi connectivity index (χ3n) is 4.34. The minimum Gasteiger partial charge on any atom is -0.338 e. The van der Waals surface area contributed by atoms with E-state index in [2.05, 4.69) is 24.5 Å². The number of rotatable bonds is 7. The molecule has 0 spiro atoms. The Morgan fingerprint density at radius 1 is 1.00 bits per heavy atom. The summed E-state index contributed by atoms with van der Waals surface area (Å²) >= 11 is 0. The summed E-state index contributed by atoms with van der Waals surface area (Å²) in [6.45, 7) is 4.00. The maximum absolute atomic E-state index is 13.6. The predicted molar refractivity (Wildman–Crippen MR) is 96.8 cm³/mol. The Morgan fingerprint density at radius 2 is 1.63 bits per heavy atom. The first-order valence-corrected chi connectivity index (χ1v) is 10.1. The zero-order valence-electron chi connectivity index (χ0n) is 14.7. The molecule has 2 aromatic rings. The summed E-state index contributed by atoms with van der Waals surface area (Å²) in [5, 5.41) is 0. The van der Waals surface area contributed by atoms with Gasteiger partial charge in [0.2, 0.25) is 16.0 Å². The number of aromatic nitrogens is 2. The van der Waals surface area contributed by atoms with Crippen molar-refractivity contribution in [3.05, 3.63) is 48.3 Å². The number of sulfonamides is 1. The zero-order valence-corrected chi connectivity index (χ0v) is 15.5. The van der Waals surface area contributed by atoms with Crippen LogP contribution in [0.2, 0.25) is 0 Å². The maximum Gasteiger partial charge on any atom is 0.246 e. The molecule has 0 aliphatic carbocycles. The fourth-order valence-electron chi connectivity index (χ4n) is 2.95. The number of nitrogens with one attached hydrogen (secondary N) is 1. The van der Waals surface area contributed by atoms with Crippen LogP contribution in [0.15, 0.2) is 41.6 Å². The van der Waals surface area contributed by atoms with E-state index in [1.54, 1.807) is 18.5 Å². The number of benzene rings is 1. The van der Waals surface area contributed by atoms with Gasteiger partial charge in [-0.2, -0.15) is 0 Å². The third-order valence-corrected chi connectivity index (χ3v) is 5.85. The molecule has 1 saturated heterocycles. The lowest BCUT2D eigenvalue weighted by Gasteiger charge is -2.34. The standard InChI is InChI=1S/C17H21F2N5O2S/c18-14-4-1-5-15(19)16(14)27(25,26)22-8-3-9-23-10-12-24(13-11-23)17-20-6-2-7-21-17/h1-2,4-7,22H,3,8-13H2. The largest absolute Gasteiger partial charge is 0.338 e. The van der Waals surface area contributed by atoms with Crippen LogP contribution >= 0.6 is 0 Å². The highest BCUT2D eigenvalue weighted by Gasteiger charge is 2.23. The van der Waals surface area contributed by atoms with Gasteiger partial charge in [0.1, 0.15) is 11.6 Å². The first-order chi connectivity index (χ1) is 13.0. The van der Waals surface area contributed by atoms with E-state index in [0.29, 0.717) is 18.9 Å². The van der Waals surface area contributed by atoms with Crippen molar-refractivity contribution in [3.63, 3.8) is 0 Å². The van der Waals surface area contributed by atoms with Crippen molar-refractivity contribution in [2.24, 2.45) is 0 Å². The Bertz CT molecular complexity index is 839. The van der Waals surface area contributed by atoms with Crippen LogP contribution in [-0.4, -0.2) is 62.6 Å². The molecule has 0 bridgehead atoms. The van der Waals surface area contributed by atoms with Crippen LogP contribution < -0.4 is 9.62 Å². The molecule has 2 heterocycles. The van der Waals surface area contributed by atoms with Gasteiger partial charge in [0.25, 0.3) is 0 Å². The molecule has 7 nitrogen and oxygen atoms in total. The van der Waals surface area contributed by atoms with Crippen LogP contribution in [0.5, 0.6) is 0 Å². The van der Waals surface area contributed by atoms with Gasteiger partial charge in [0, 0.05) is 45.1 Å². The highest BCUT2D eigenvalue weighted by molar-refractivity contribution is 7.89.